The molecule has 1 rings (SSSR count). The Morgan fingerprint density at radius 1 is 1.67 bits per heavy atom. The van der Waals surface area contributed by atoms with E-state index in [4.69, 9.17) is 0 Å². The van der Waals surface area contributed by atoms with Gasteiger partial charge >= 0.3 is 17.3 Å². The highest BCUT2D eigenvalue weighted by molar-refractivity contribution is 5.73. The van der Waals surface area contributed by atoms with Gasteiger partial charge in [-0.05, 0) is 0 Å². The summed E-state index contributed by atoms with van der Waals surface area (Å²) in [5, 5.41) is 8.16. The largest absolute Gasteiger partial charge is 0.365 e. The van der Waals surface area contributed by atoms with Crippen molar-refractivity contribution >= 4 is 5.97 Å². The number of hydrogen-bond donors (Lipinski definition) is 0. The Balaban J connectivity index is 2.26. The number of nitrogens with zero attached hydrogens (tertiary/aromatic N) is 1. The molecule has 0 aromatic carbocycles. The maximum atomic E-state index is 10.1. The lowest BCUT2D eigenvalue weighted by molar-refractivity contribution is -0.730. The topological polar surface area (TPSA) is 94.5 Å². The summed E-state index contributed by atoms with van der Waals surface area (Å²) in [5.74, 6) is -1.15. The molecule has 0 amide bonds. The standard InChI is InChI=1S/C2HNO6/c4-1(2-8-9-2)7-3(5)6/h2H. The number of hydrogen-bond acceptors (Lipinski definition) is 6. The minimum Gasteiger partial charge on any atom is -0.262 e. The van der Waals surface area contributed by atoms with E-state index in [2.05, 4.69) is 14.6 Å². The minimum absolute atomic E-state index is 1.15. The van der Waals surface area contributed by atoms with Crippen molar-refractivity contribution in [2.45, 2.75) is 6.29 Å². The van der Waals surface area contributed by atoms with Gasteiger partial charge in [-0.1, -0.05) is 0 Å². The van der Waals surface area contributed by atoms with Crippen molar-refractivity contribution in [3.63, 3.8) is 0 Å². The lowest BCUT2D eigenvalue weighted by Gasteiger charge is -1.85. The second-order valence-corrected chi connectivity index (χ2v) is 1.16. The zero-order valence-electron chi connectivity index (χ0n) is 3.97. The number of rotatable bonds is 2. The third kappa shape index (κ3) is 1.63. The van der Waals surface area contributed by atoms with Gasteiger partial charge in [0, 0.05) is 0 Å². The van der Waals surface area contributed by atoms with Gasteiger partial charge in [-0.2, -0.15) is 9.78 Å². The third-order valence-corrected chi connectivity index (χ3v) is 0.549. The number of carbonyl (C=O) groups is 1. The molecule has 0 aromatic heterocycles. The molecule has 1 aliphatic heterocycles. The second-order valence-electron chi connectivity index (χ2n) is 1.16. The van der Waals surface area contributed by atoms with Gasteiger partial charge in [0.05, 0.1) is 0 Å². The summed E-state index contributed by atoms with van der Waals surface area (Å²) < 4.78 is 0. The van der Waals surface area contributed by atoms with Gasteiger partial charge in [-0.3, -0.25) is 4.79 Å². The minimum atomic E-state index is -1.23. The van der Waals surface area contributed by atoms with Crippen molar-refractivity contribution in [2.75, 3.05) is 0 Å². The molecule has 0 N–H and O–H groups in total. The fraction of sp³-hybridized carbons (Fsp3) is 0.500. The van der Waals surface area contributed by atoms with E-state index in [0.717, 1.165) is 0 Å². The van der Waals surface area contributed by atoms with Crippen molar-refractivity contribution in [1.29, 1.82) is 0 Å². The molecule has 0 unspecified atom stereocenters. The monoisotopic (exact) mass is 135 g/mol. The van der Waals surface area contributed by atoms with Gasteiger partial charge in [-0.25, -0.2) is 4.84 Å². The molecule has 0 aliphatic carbocycles. The smallest absolute Gasteiger partial charge is 0.262 e. The highest BCUT2D eigenvalue weighted by atomic mass is 17.4. The molecule has 0 spiro atoms. The molecule has 1 heterocycles. The van der Waals surface area contributed by atoms with Gasteiger partial charge in [0.1, 0.15) is 0 Å². The fourth-order valence-corrected chi connectivity index (χ4v) is 0.223. The molecule has 9 heavy (non-hydrogen) atoms. The first kappa shape index (κ1) is 5.92. The first-order valence-electron chi connectivity index (χ1n) is 1.88. The molecular weight excluding hydrogens is 134 g/mol. The summed E-state index contributed by atoms with van der Waals surface area (Å²) in [7, 11) is 0. The average Bonchev–Trinajstić information content (AvgIpc) is 2.40. The predicted octanol–water partition coefficient (Wildman–Crippen LogP) is -0.991. The normalized spacial score (nSPS) is 16.9. The maximum absolute atomic E-state index is 10.1. The lowest BCUT2D eigenvalue weighted by atomic mass is 10.7. The molecule has 7 heteroatoms. The summed E-state index contributed by atoms with van der Waals surface area (Å²) in [6.45, 7) is 0. The van der Waals surface area contributed by atoms with E-state index >= 15 is 0 Å². The molecule has 0 saturated carbocycles. The van der Waals surface area contributed by atoms with Crippen LogP contribution in [0.15, 0.2) is 0 Å². The Labute approximate surface area is 48.1 Å². The van der Waals surface area contributed by atoms with Crippen LogP contribution in [0.4, 0.5) is 0 Å². The van der Waals surface area contributed by atoms with E-state index in [1.807, 2.05) is 0 Å². The molecule has 1 aliphatic rings. The van der Waals surface area contributed by atoms with Gasteiger partial charge in [-0.15, -0.1) is 10.1 Å². The van der Waals surface area contributed by atoms with Crippen LogP contribution in [0.3, 0.4) is 0 Å². The Hall–Kier alpha value is -1.21. The van der Waals surface area contributed by atoms with Crippen LogP contribution in [0.1, 0.15) is 0 Å². The first-order valence-corrected chi connectivity index (χ1v) is 1.88. The fourth-order valence-electron chi connectivity index (χ4n) is 0.223. The van der Waals surface area contributed by atoms with Crippen LogP contribution < -0.4 is 0 Å². The summed E-state index contributed by atoms with van der Waals surface area (Å²) in [6.07, 6.45) is -1.20. The van der Waals surface area contributed by atoms with E-state index in [1.54, 1.807) is 0 Å². The summed E-state index contributed by atoms with van der Waals surface area (Å²) in [6, 6.07) is 0. The van der Waals surface area contributed by atoms with Crippen LogP contribution in [0, 0.1) is 10.1 Å². The van der Waals surface area contributed by atoms with Crippen molar-refractivity contribution in [3.8, 4) is 0 Å². The first-order chi connectivity index (χ1) is 4.20. The van der Waals surface area contributed by atoms with Gasteiger partial charge < -0.3 is 0 Å². The van der Waals surface area contributed by atoms with Gasteiger partial charge in [0.25, 0.3) is 0 Å². The van der Waals surface area contributed by atoms with Crippen LogP contribution in [0.5, 0.6) is 0 Å². The molecule has 0 radical (unpaired) electrons. The third-order valence-electron chi connectivity index (χ3n) is 0.549. The van der Waals surface area contributed by atoms with Crippen LogP contribution in [0.2, 0.25) is 0 Å². The number of carbonyl (C=O) groups excluding carboxylic acids is 1. The lowest BCUT2D eigenvalue weighted by Crippen LogP contribution is -2.15. The molecule has 0 atom stereocenters. The molecular formula is C2HNO6. The Kier molecular flexibility index (Phi) is 1.29. The van der Waals surface area contributed by atoms with Crippen LogP contribution in [-0.4, -0.2) is 17.3 Å². The Morgan fingerprint density at radius 2 is 2.22 bits per heavy atom. The quantitative estimate of drug-likeness (QED) is 0.209. The highest BCUT2D eigenvalue weighted by Crippen LogP contribution is 2.12. The average molecular weight is 135 g/mol. The molecule has 1 saturated heterocycles. The van der Waals surface area contributed by atoms with Crippen LogP contribution >= 0.6 is 0 Å². The van der Waals surface area contributed by atoms with Crippen molar-refractivity contribution in [3.05, 3.63) is 10.1 Å². The SMILES string of the molecule is O=C(O[N+](=O)[O-])C1OO1. The summed E-state index contributed by atoms with van der Waals surface area (Å²) in [4.78, 5) is 30.7. The van der Waals surface area contributed by atoms with Crippen LogP contribution in [0.25, 0.3) is 0 Å². The molecule has 50 valence electrons. The molecule has 0 aromatic rings. The molecule has 1 fully saturated rings. The maximum Gasteiger partial charge on any atom is 0.365 e. The van der Waals surface area contributed by atoms with E-state index < -0.39 is 17.3 Å². The van der Waals surface area contributed by atoms with E-state index in [9.17, 15) is 14.9 Å². The Bertz CT molecular complexity index is 149. The highest BCUT2D eigenvalue weighted by Gasteiger charge is 2.37. The Morgan fingerprint density at radius 3 is 2.56 bits per heavy atom. The van der Waals surface area contributed by atoms with Gasteiger partial charge in [0.15, 0.2) is 0 Å². The van der Waals surface area contributed by atoms with E-state index in [1.165, 1.54) is 0 Å². The zero-order chi connectivity index (χ0) is 6.85. The van der Waals surface area contributed by atoms with E-state index in [0.29, 0.717) is 0 Å². The predicted molar refractivity (Wildman–Crippen MR) is 19.0 cm³/mol. The van der Waals surface area contributed by atoms with Crippen molar-refractivity contribution in [1.82, 2.24) is 0 Å². The summed E-state index contributed by atoms with van der Waals surface area (Å²) >= 11 is 0. The zero-order valence-corrected chi connectivity index (χ0v) is 3.97. The second kappa shape index (κ2) is 1.96. The van der Waals surface area contributed by atoms with Gasteiger partial charge in [0.2, 0.25) is 0 Å². The van der Waals surface area contributed by atoms with Crippen LogP contribution in [-0.2, 0) is 19.4 Å². The van der Waals surface area contributed by atoms with Crippen molar-refractivity contribution in [2.24, 2.45) is 0 Å². The molecule has 0 bridgehead atoms. The van der Waals surface area contributed by atoms with E-state index in [-0.39, 0.29) is 0 Å². The molecule has 7 nitrogen and oxygen atoms in total. The summed E-state index contributed by atoms with van der Waals surface area (Å²) in [5.41, 5.74) is 0. The van der Waals surface area contributed by atoms with Crippen molar-refractivity contribution < 1.29 is 24.5 Å².